The lowest BCUT2D eigenvalue weighted by Crippen LogP contribution is -2.11. The third kappa shape index (κ3) is 2.47. The Labute approximate surface area is 97.9 Å². The third-order valence-electron chi connectivity index (χ3n) is 2.38. The lowest BCUT2D eigenvalue weighted by atomic mass is 10.2. The van der Waals surface area contributed by atoms with Gasteiger partial charge in [-0.1, -0.05) is 18.5 Å². The lowest BCUT2D eigenvalue weighted by molar-refractivity contribution is 0.411. The van der Waals surface area contributed by atoms with Gasteiger partial charge in [0.1, 0.15) is 0 Å². The fraction of sp³-hybridized carbons (Fsp3) is 0.364. The van der Waals surface area contributed by atoms with Gasteiger partial charge in [-0.3, -0.25) is 4.98 Å². The van der Waals surface area contributed by atoms with E-state index in [1.807, 2.05) is 6.92 Å². The highest BCUT2D eigenvalue weighted by atomic mass is 19.1. The second-order valence-corrected chi connectivity index (χ2v) is 3.71. The number of aromatic nitrogens is 3. The Morgan fingerprint density at radius 2 is 2.35 bits per heavy atom. The zero-order valence-corrected chi connectivity index (χ0v) is 9.43. The van der Waals surface area contributed by atoms with Crippen molar-refractivity contribution in [2.75, 3.05) is 0 Å². The molecule has 6 heteroatoms. The van der Waals surface area contributed by atoms with Crippen LogP contribution in [0.3, 0.4) is 0 Å². The third-order valence-corrected chi connectivity index (χ3v) is 2.38. The van der Waals surface area contributed by atoms with Gasteiger partial charge in [0.25, 0.3) is 5.89 Å². The molecule has 0 aromatic carbocycles. The molecule has 2 aromatic rings. The first kappa shape index (κ1) is 11.7. The summed E-state index contributed by atoms with van der Waals surface area (Å²) in [5.74, 6) is 0.0382. The van der Waals surface area contributed by atoms with E-state index in [4.69, 9.17) is 10.3 Å². The standard InChI is InChI=1S/C11H13FN4O/c1-2-3-9(13)10-15-11(17-16-10)7-4-5-14-6-8(7)12/h4-6,9H,2-3,13H2,1H3. The van der Waals surface area contributed by atoms with E-state index in [0.29, 0.717) is 5.82 Å². The number of pyridine rings is 1. The van der Waals surface area contributed by atoms with Gasteiger partial charge in [0.15, 0.2) is 11.6 Å². The van der Waals surface area contributed by atoms with Crippen LogP contribution in [0.2, 0.25) is 0 Å². The van der Waals surface area contributed by atoms with Crippen LogP contribution in [0.1, 0.15) is 31.6 Å². The first-order chi connectivity index (χ1) is 8.22. The topological polar surface area (TPSA) is 77.8 Å². The average molecular weight is 236 g/mol. The first-order valence-corrected chi connectivity index (χ1v) is 5.41. The van der Waals surface area contributed by atoms with Gasteiger partial charge in [0.2, 0.25) is 0 Å². The largest absolute Gasteiger partial charge is 0.334 e. The van der Waals surface area contributed by atoms with Crippen LogP contribution in [-0.4, -0.2) is 15.1 Å². The summed E-state index contributed by atoms with van der Waals surface area (Å²) >= 11 is 0. The van der Waals surface area contributed by atoms with Crippen LogP contribution in [0.25, 0.3) is 11.5 Å². The molecule has 0 aliphatic heterocycles. The zero-order valence-electron chi connectivity index (χ0n) is 9.43. The van der Waals surface area contributed by atoms with Crippen LogP contribution in [0.4, 0.5) is 4.39 Å². The predicted octanol–water partition coefficient (Wildman–Crippen LogP) is 2.07. The zero-order chi connectivity index (χ0) is 12.3. The van der Waals surface area contributed by atoms with Gasteiger partial charge in [-0.15, -0.1) is 0 Å². The van der Waals surface area contributed by atoms with Gasteiger partial charge in [-0.05, 0) is 12.5 Å². The molecule has 0 bridgehead atoms. The molecule has 17 heavy (non-hydrogen) atoms. The van der Waals surface area contributed by atoms with Crippen LogP contribution in [0.5, 0.6) is 0 Å². The molecule has 2 heterocycles. The fourth-order valence-corrected chi connectivity index (χ4v) is 1.48. The van der Waals surface area contributed by atoms with Crippen molar-refractivity contribution in [2.45, 2.75) is 25.8 Å². The maximum Gasteiger partial charge on any atom is 0.261 e. The van der Waals surface area contributed by atoms with Gasteiger partial charge >= 0.3 is 0 Å². The van der Waals surface area contributed by atoms with Crippen molar-refractivity contribution in [3.8, 4) is 11.5 Å². The SMILES string of the molecule is CCCC(N)c1noc(-c2ccncc2F)n1. The second-order valence-electron chi connectivity index (χ2n) is 3.71. The van der Waals surface area contributed by atoms with Crippen molar-refractivity contribution < 1.29 is 8.91 Å². The predicted molar refractivity (Wildman–Crippen MR) is 59.3 cm³/mol. The Balaban J connectivity index is 2.27. The van der Waals surface area contributed by atoms with Crippen molar-refractivity contribution in [3.05, 3.63) is 30.1 Å². The van der Waals surface area contributed by atoms with Crippen molar-refractivity contribution in [1.29, 1.82) is 0 Å². The summed E-state index contributed by atoms with van der Waals surface area (Å²) in [6, 6.07) is 1.21. The summed E-state index contributed by atoms with van der Waals surface area (Å²) in [5.41, 5.74) is 6.08. The molecule has 0 aliphatic rings. The molecule has 2 rings (SSSR count). The lowest BCUT2D eigenvalue weighted by Gasteiger charge is -2.02. The molecule has 0 saturated carbocycles. The second kappa shape index (κ2) is 5.01. The molecule has 1 atom stereocenters. The molecule has 1 unspecified atom stereocenters. The van der Waals surface area contributed by atoms with Gasteiger partial charge in [0.05, 0.1) is 17.8 Å². The van der Waals surface area contributed by atoms with Crippen LogP contribution in [0.15, 0.2) is 23.0 Å². The molecule has 90 valence electrons. The van der Waals surface area contributed by atoms with E-state index < -0.39 is 5.82 Å². The maximum atomic E-state index is 13.4. The smallest absolute Gasteiger partial charge is 0.261 e. The van der Waals surface area contributed by atoms with E-state index >= 15 is 0 Å². The molecular formula is C11H13FN4O. The molecule has 2 N–H and O–H groups in total. The molecule has 5 nitrogen and oxygen atoms in total. The van der Waals surface area contributed by atoms with Crippen molar-refractivity contribution in [3.63, 3.8) is 0 Å². The van der Waals surface area contributed by atoms with E-state index in [-0.39, 0.29) is 17.5 Å². The van der Waals surface area contributed by atoms with Crippen LogP contribution in [0, 0.1) is 5.82 Å². The molecule has 0 spiro atoms. The van der Waals surface area contributed by atoms with Crippen LogP contribution >= 0.6 is 0 Å². The minimum atomic E-state index is -0.494. The van der Waals surface area contributed by atoms with E-state index in [0.717, 1.165) is 19.0 Å². The number of halogens is 1. The molecular weight excluding hydrogens is 223 g/mol. The van der Waals surface area contributed by atoms with E-state index in [2.05, 4.69) is 15.1 Å². The van der Waals surface area contributed by atoms with Crippen LogP contribution < -0.4 is 5.73 Å². The number of rotatable bonds is 4. The maximum absolute atomic E-state index is 13.4. The normalized spacial score (nSPS) is 12.6. The first-order valence-electron chi connectivity index (χ1n) is 5.41. The Morgan fingerprint density at radius 3 is 3.06 bits per heavy atom. The Morgan fingerprint density at radius 1 is 1.53 bits per heavy atom. The van der Waals surface area contributed by atoms with E-state index in [9.17, 15) is 4.39 Å². The highest BCUT2D eigenvalue weighted by molar-refractivity contribution is 5.52. The molecule has 0 fully saturated rings. The summed E-state index contributed by atoms with van der Waals surface area (Å²) < 4.78 is 18.4. The number of nitrogens with two attached hydrogens (primary N) is 1. The van der Waals surface area contributed by atoms with Gasteiger partial charge in [-0.2, -0.15) is 4.98 Å². The quantitative estimate of drug-likeness (QED) is 0.879. The summed E-state index contributed by atoms with van der Waals surface area (Å²) in [7, 11) is 0. The summed E-state index contributed by atoms with van der Waals surface area (Å²) in [6.07, 6.45) is 4.26. The fourth-order valence-electron chi connectivity index (χ4n) is 1.48. The summed E-state index contributed by atoms with van der Waals surface area (Å²) in [6.45, 7) is 2.02. The summed E-state index contributed by atoms with van der Waals surface area (Å²) in [5, 5.41) is 3.75. The molecule has 0 saturated heterocycles. The molecule has 2 aromatic heterocycles. The Bertz CT molecular complexity index is 500. The molecule has 0 radical (unpaired) electrons. The van der Waals surface area contributed by atoms with Gasteiger partial charge in [-0.25, -0.2) is 4.39 Å². The highest BCUT2D eigenvalue weighted by Gasteiger charge is 2.16. The minimum absolute atomic E-state index is 0.131. The van der Waals surface area contributed by atoms with E-state index in [1.165, 1.54) is 12.3 Å². The highest BCUT2D eigenvalue weighted by Crippen LogP contribution is 2.21. The summed E-state index contributed by atoms with van der Waals surface area (Å²) in [4.78, 5) is 7.74. The Kier molecular flexibility index (Phi) is 3.43. The average Bonchev–Trinajstić information content (AvgIpc) is 2.79. The van der Waals surface area contributed by atoms with Crippen molar-refractivity contribution >= 4 is 0 Å². The molecule has 0 aliphatic carbocycles. The monoisotopic (exact) mass is 236 g/mol. The number of nitrogens with zero attached hydrogens (tertiary/aromatic N) is 3. The van der Waals surface area contributed by atoms with Gasteiger partial charge < -0.3 is 10.3 Å². The van der Waals surface area contributed by atoms with E-state index in [1.54, 1.807) is 0 Å². The Hall–Kier alpha value is -1.82. The molecule has 0 amide bonds. The van der Waals surface area contributed by atoms with Crippen molar-refractivity contribution in [1.82, 2.24) is 15.1 Å². The van der Waals surface area contributed by atoms with Gasteiger partial charge in [0, 0.05) is 6.20 Å². The van der Waals surface area contributed by atoms with Crippen molar-refractivity contribution in [2.24, 2.45) is 5.73 Å². The number of hydrogen-bond acceptors (Lipinski definition) is 5. The van der Waals surface area contributed by atoms with Crippen LogP contribution in [-0.2, 0) is 0 Å². The minimum Gasteiger partial charge on any atom is -0.334 e. The number of hydrogen-bond donors (Lipinski definition) is 1.